The van der Waals surface area contributed by atoms with E-state index in [2.05, 4.69) is 4.98 Å². The first-order chi connectivity index (χ1) is 9.56. The monoisotopic (exact) mass is 322 g/mol. The average Bonchev–Trinajstić information content (AvgIpc) is 2.47. The number of carbonyl (C=O) groups is 1. The minimum atomic E-state index is -0.216. The third-order valence-electron chi connectivity index (χ3n) is 2.61. The highest BCUT2D eigenvalue weighted by atomic mass is 35.5. The number of thioether (sulfide) groups is 1. The standard InChI is InChI=1S/C14H8Cl2N2OS/c1-20-14-11(6-9(7-17)13(16)18-14)12(19)8-2-4-10(15)5-3-8/h2-6H,1H3. The number of rotatable bonds is 3. The number of carbonyl (C=O) groups excluding carboxylic acids is 1. The van der Waals surface area contributed by atoms with Crippen LogP contribution < -0.4 is 0 Å². The Morgan fingerprint density at radius 1 is 1.30 bits per heavy atom. The summed E-state index contributed by atoms with van der Waals surface area (Å²) >= 11 is 13.0. The molecule has 0 aliphatic rings. The summed E-state index contributed by atoms with van der Waals surface area (Å²) in [6, 6.07) is 9.95. The topological polar surface area (TPSA) is 53.8 Å². The lowest BCUT2D eigenvalue weighted by Crippen LogP contribution is -2.05. The predicted molar refractivity (Wildman–Crippen MR) is 80.6 cm³/mol. The lowest BCUT2D eigenvalue weighted by Gasteiger charge is -2.07. The lowest BCUT2D eigenvalue weighted by atomic mass is 10.0. The Labute approximate surface area is 130 Å². The highest BCUT2D eigenvalue weighted by Gasteiger charge is 2.17. The van der Waals surface area contributed by atoms with Gasteiger partial charge in [-0.05, 0) is 36.6 Å². The van der Waals surface area contributed by atoms with E-state index >= 15 is 0 Å². The van der Waals surface area contributed by atoms with Crippen LogP contribution in [0, 0.1) is 11.3 Å². The van der Waals surface area contributed by atoms with Crippen LogP contribution in [0.15, 0.2) is 35.4 Å². The third kappa shape index (κ3) is 2.96. The van der Waals surface area contributed by atoms with Gasteiger partial charge in [-0.15, -0.1) is 11.8 Å². The second-order valence-corrected chi connectivity index (χ2v) is 5.42. The normalized spacial score (nSPS) is 10.1. The number of aromatic nitrogens is 1. The molecule has 2 aromatic rings. The maximum atomic E-state index is 12.5. The van der Waals surface area contributed by atoms with E-state index in [1.165, 1.54) is 17.8 Å². The van der Waals surface area contributed by atoms with E-state index in [-0.39, 0.29) is 16.5 Å². The van der Waals surface area contributed by atoms with Crippen molar-refractivity contribution in [3.8, 4) is 6.07 Å². The maximum absolute atomic E-state index is 12.5. The van der Waals surface area contributed by atoms with Gasteiger partial charge in [0.2, 0.25) is 0 Å². The maximum Gasteiger partial charge on any atom is 0.195 e. The molecule has 0 unspecified atom stereocenters. The van der Waals surface area contributed by atoms with Gasteiger partial charge in [0.25, 0.3) is 0 Å². The fourth-order valence-corrected chi connectivity index (χ4v) is 2.54. The molecule has 2 rings (SSSR count). The van der Waals surface area contributed by atoms with E-state index in [9.17, 15) is 4.79 Å². The zero-order chi connectivity index (χ0) is 14.7. The Morgan fingerprint density at radius 2 is 1.95 bits per heavy atom. The molecule has 0 spiro atoms. The summed E-state index contributed by atoms with van der Waals surface area (Å²) in [5, 5.41) is 10.1. The first kappa shape index (κ1) is 14.9. The van der Waals surface area contributed by atoms with Crippen molar-refractivity contribution in [3.63, 3.8) is 0 Å². The fourth-order valence-electron chi connectivity index (χ4n) is 1.63. The highest BCUT2D eigenvalue weighted by molar-refractivity contribution is 7.98. The van der Waals surface area contributed by atoms with Crippen molar-refractivity contribution >= 4 is 40.7 Å². The third-order valence-corrected chi connectivity index (χ3v) is 3.84. The van der Waals surface area contributed by atoms with E-state index in [1.54, 1.807) is 30.5 Å². The molecule has 3 nitrogen and oxygen atoms in total. The molecule has 0 saturated heterocycles. The molecule has 0 N–H and O–H groups in total. The first-order valence-corrected chi connectivity index (χ1v) is 7.49. The number of benzene rings is 1. The zero-order valence-electron chi connectivity index (χ0n) is 10.4. The number of halogens is 2. The fraction of sp³-hybridized carbons (Fsp3) is 0.0714. The molecule has 100 valence electrons. The Morgan fingerprint density at radius 3 is 2.50 bits per heavy atom. The number of nitrogens with zero attached hydrogens (tertiary/aromatic N) is 2. The molecule has 1 aromatic carbocycles. The quantitative estimate of drug-likeness (QED) is 0.482. The van der Waals surface area contributed by atoms with Crippen molar-refractivity contribution < 1.29 is 4.79 Å². The summed E-state index contributed by atoms with van der Waals surface area (Å²) in [6.45, 7) is 0. The van der Waals surface area contributed by atoms with E-state index in [4.69, 9.17) is 28.5 Å². The number of hydrogen-bond donors (Lipinski definition) is 0. The smallest absolute Gasteiger partial charge is 0.195 e. The van der Waals surface area contributed by atoms with Crippen molar-refractivity contribution in [1.82, 2.24) is 4.98 Å². The summed E-state index contributed by atoms with van der Waals surface area (Å²) in [4.78, 5) is 16.6. The van der Waals surface area contributed by atoms with Crippen LogP contribution in [0.1, 0.15) is 21.5 Å². The average molecular weight is 323 g/mol. The zero-order valence-corrected chi connectivity index (χ0v) is 12.7. The van der Waals surface area contributed by atoms with Crippen molar-refractivity contribution in [1.29, 1.82) is 5.26 Å². The molecule has 0 amide bonds. The van der Waals surface area contributed by atoms with Gasteiger partial charge in [0, 0.05) is 10.6 Å². The van der Waals surface area contributed by atoms with Crippen molar-refractivity contribution in [2.75, 3.05) is 6.26 Å². The predicted octanol–water partition coefficient (Wildman–Crippen LogP) is 4.21. The van der Waals surface area contributed by atoms with Crippen LogP contribution in [0.2, 0.25) is 10.2 Å². The summed E-state index contributed by atoms with van der Waals surface area (Å²) < 4.78 is 0. The SMILES string of the molecule is CSc1nc(Cl)c(C#N)cc1C(=O)c1ccc(Cl)cc1. The van der Waals surface area contributed by atoms with Crippen molar-refractivity contribution in [2.24, 2.45) is 0 Å². The molecule has 0 radical (unpaired) electrons. The van der Waals surface area contributed by atoms with Crippen LogP contribution in [0.5, 0.6) is 0 Å². The van der Waals surface area contributed by atoms with E-state index in [0.29, 0.717) is 21.2 Å². The van der Waals surface area contributed by atoms with Gasteiger partial charge in [0.1, 0.15) is 16.2 Å². The van der Waals surface area contributed by atoms with Crippen molar-refractivity contribution in [3.05, 3.63) is 57.2 Å². The molecule has 0 fully saturated rings. The van der Waals surface area contributed by atoms with Crippen LogP contribution in [-0.4, -0.2) is 17.0 Å². The number of pyridine rings is 1. The molecule has 0 aliphatic heterocycles. The molecule has 0 aliphatic carbocycles. The van der Waals surface area contributed by atoms with Crippen LogP contribution in [-0.2, 0) is 0 Å². The first-order valence-electron chi connectivity index (χ1n) is 5.51. The second kappa shape index (κ2) is 6.27. The lowest BCUT2D eigenvalue weighted by molar-refractivity contribution is 0.103. The Bertz CT molecular complexity index is 708. The largest absolute Gasteiger partial charge is 0.289 e. The van der Waals surface area contributed by atoms with E-state index in [1.807, 2.05) is 6.07 Å². The van der Waals surface area contributed by atoms with Crippen LogP contribution in [0.4, 0.5) is 0 Å². The molecule has 1 aromatic heterocycles. The van der Waals surface area contributed by atoms with Crippen LogP contribution >= 0.6 is 35.0 Å². The van der Waals surface area contributed by atoms with Gasteiger partial charge in [-0.2, -0.15) is 5.26 Å². The van der Waals surface area contributed by atoms with Crippen LogP contribution in [0.25, 0.3) is 0 Å². The molecule has 0 atom stereocenters. The van der Waals surface area contributed by atoms with Gasteiger partial charge in [0.05, 0.1) is 11.1 Å². The van der Waals surface area contributed by atoms with Gasteiger partial charge in [-0.3, -0.25) is 4.79 Å². The Balaban J connectivity index is 2.54. The molecule has 6 heteroatoms. The Kier molecular flexibility index (Phi) is 4.66. The van der Waals surface area contributed by atoms with E-state index in [0.717, 1.165) is 0 Å². The summed E-state index contributed by atoms with van der Waals surface area (Å²) in [5.41, 5.74) is 1.03. The number of nitriles is 1. The Hall–Kier alpha value is -1.54. The molecule has 0 saturated carbocycles. The van der Waals surface area contributed by atoms with Gasteiger partial charge >= 0.3 is 0 Å². The summed E-state index contributed by atoms with van der Waals surface area (Å²) in [7, 11) is 0. The number of ketones is 1. The molecule has 1 heterocycles. The molecule has 20 heavy (non-hydrogen) atoms. The molecular weight excluding hydrogens is 315 g/mol. The van der Waals surface area contributed by atoms with Crippen LogP contribution in [0.3, 0.4) is 0 Å². The minimum absolute atomic E-state index is 0.101. The van der Waals surface area contributed by atoms with Gasteiger partial charge < -0.3 is 0 Å². The van der Waals surface area contributed by atoms with Gasteiger partial charge in [-0.1, -0.05) is 23.2 Å². The summed E-state index contributed by atoms with van der Waals surface area (Å²) in [5.74, 6) is -0.216. The summed E-state index contributed by atoms with van der Waals surface area (Å²) in [6.07, 6.45) is 1.79. The highest BCUT2D eigenvalue weighted by Crippen LogP contribution is 2.26. The molecule has 0 bridgehead atoms. The number of hydrogen-bond acceptors (Lipinski definition) is 4. The second-order valence-electron chi connectivity index (χ2n) is 3.83. The van der Waals surface area contributed by atoms with Gasteiger partial charge in [-0.25, -0.2) is 4.98 Å². The minimum Gasteiger partial charge on any atom is -0.289 e. The molecular formula is C14H8Cl2N2OS. The van der Waals surface area contributed by atoms with Crippen molar-refractivity contribution in [2.45, 2.75) is 5.03 Å². The van der Waals surface area contributed by atoms with E-state index < -0.39 is 0 Å². The van der Waals surface area contributed by atoms with Gasteiger partial charge in [0.15, 0.2) is 5.78 Å².